The molecule has 3 N–H and O–H groups in total. The first kappa shape index (κ1) is 21.2. The van der Waals surface area contributed by atoms with Crippen molar-refractivity contribution in [2.24, 2.45) is 10.9 Å². The molecule has 1 aliphatic heterocycles. The fraction of sp³-hybridized carbons (Fsp3) is 0.619. The molecule has 1 atom stereocenters. The second-order valence-corrected chi connectivity index (χ2v) is 7.51. The first-order valence-electron chi connectivity index (χ1n) is 10.0. The van der Waals surface area contributed by atoms with Crippen molar-refractivity contribution in [3.63, 3.8) is 0 Å². The first-order valence-corrected chi connectivity index (χ1v) is 10.0. The van der Waals surface area contributed by atoms with Crippen LogP contribution in [0.1, 0.15) is 42.6 Å². The van der Waals surface area contributed by atoms with Crippen LogP contribution in [-0.4, -0.2) is 63.1 Å². The zero-order valence-corrected chi connectivity index (χ0v) is 17.2. The van der Waals surface area contributed by atoms with Gasteiger partial charge in [-0.3, -0.25) is 9.79 Å². The number of benzene rings is 1. The van der Waals surface area contributed by atoms with Gasteiger partial charge in [-0.05, 0) is 63.3 Å². The van der Waals surface area contributed by atoms with Gasteiger partial charge in [0.2, 0.25) is 0 Å². The third-order valence-electron chi connectivity index (χ3n) is 5.18. The van der Waals surface area contributed by atoms with Crippen molar-refractivity contribution >= 4 is 11.9 Å². The third kappa shape index (κ3) is 6.86. The number of aliphatic imine (C=N–C) groups is 1. The number of piperidine rings is 1. The van der Waals surface area contributed by atoms with Crippen molar-refractivity contribution in [1.82, 2.24) is 20.9 Å². The molecule has 6 nitrogen and oxygen atoms in total. The summed E-state index contributed by atoms with van der Waals surface area (Å²) in [5.74, 6) is 1.47. The lowest BCUT2D eigenvalue weighted by Crippen LogP contribution is -2.46. The van der Waals surface area contributed by atoms with E-state index in [0.29, 0.717) is 17.5 Å². The number of guanidine groups is 1. The van der Waals surface area contributed by atoms with E-state index >= 15 is 0 Å². The minimum absolute atomic E-state index is 0.0507. The largest absolute Gasteiger partial charge is 0.356 e. The molecular formula is C21H35N5O. The summed E-state index contributed by atoms with van der Waals surface area (Å²) in [5.41, 5.74) is 1.84. The van der Waals surface area contributed by atoms with Gasteiger partial charge in [0, 0.05) is 45.3 Å². The van der Waals surface area contributed by atoms with Crippen LogP contribution < -0.4 is 16.0 Å². The van der Waals surface area contributed by atoms with Gasteiger partial charge in [-0.15, -0.1) is 0 Å². The fourth-order valence-corrected chi connectivity index (χ4v) is 3.53. The van der Waals surface area contributed by atoms with Crippen LogP contribution in [-0.2, 0) is 6.42 Å². The summed E-state index contributed by atoms with van der Waals surface area (Å²) >= 11 is 0. The number of hydrogen-bond acceptors (Lipinski definition) is 3. The molecule has 0 saturated carbocycles. The van der Waals surface area contributed by atoms with Gasteiger partial charge in [0.25, 0.3) is 5.91 Å². The Morgan fingerprint density at radius 3 is 2.85 bits per heavy atom. The van der Waals surface area contributed by atoms with E-state index in [2.05, 4.69) is 39.7 Å². The molecule has 1 aromatic carbocycles. The quantitative estimate of drug-likeness (QED) is 0.504. The lowest BCUT2D eigenvalue weighted by Gasteiger charge is -2.35. The van der Waals surface area contributed by atoms with Crippen LogP contribution in [0.15, 0.2) is 29.3 Å². The van der Waals surface area contributed by atoms with Gasteiger partial charge in [-0.25, -0.2) is 0 Å². The molecule has 1 fully saturated rings. The average molecular weight is 374 g/mol. The standard InChI is InChI=1S/C21H35N5O/c1-16(2)26-12-6-8-18(15-26)14-25-21(23-4)24-11-10-17-7-5-9-19(13-17)20(27)22-3/h5,7,9,13,16,18H,6,8,10-12,14-15H2,1-4H3,(H,22,27)(H2,23,24,25). The van der Waals surface area contributed by atoms with E-state index in [0.717, 1.165) is 37.6 Å². The molecule has 1 unspecified atom stereocenters. The number of nitrogens with zero attached hydrogens (tertiary/aromatic N) is 2. The zero-order chi connectivity index (χ0) is 19.6. The molecule has 1 saturated heterocycles. The lowest BCUT2D eigenvalue weighted by molar-refractivity contribution is 0.0963. The summed E-state index contributed by atoms with van der Waals surface area (Å²) in [5, 5.41) is 9.51. The Balaban J connectivity index is 1.75. The molecule has 1 aromatic rings. The molecule has 0 bridgehead atoms. The fourth-order valence-electron chi connectivity index (χ4n) is 3.53. The molecule has 1 aliphatic rings. The second kappa shape index (κ2) is 10.9. The van der Waals surface area contributed by atoms with Gasteiger partial charge in [-0.1, -0.05) is 12.1 Å². The zero-order valence-electron chi connectivity index (χ0n) is 17.2. The van der Waals surface area contributed by atoms with Crippen LogP contribution in [0.2, 0.25) is 0 Å². The maximum atomic E-state index is 11.7. The highest BCUT2D eigenvalue weighted by atomic mass is 16.1. The summed E-state index contributed by atoms with van der Waals surface area (Å²) in [6.45, 7) is 8.66. The molecule has 2 rings (SSSR count). The van der Waals surface area contributed by atoms with Gasteiger partial charge in [0.1, 0.15) is 0 Å². The maximum Gasteiger partial charge on any atom is 0.251 e. The highest BCUT2D eigenvalue weighted by Crippen LogP contribution is 2.17. The van der Waals surface area contributed by atoms with Crippen molar-refractivity contribution in [3.05, 3.63) is 35.4 Å². The van der Waals surface area contributed by atoms with Gasteiger partial charge in [0.05, 0.1) is 0 Å². The van der Waals surface area contributed by atoms with Crippen LogP contribution in [0.4, 0.5) is 0 Å². The predicted octanol–water partition coefficient (Wildman–Crippen LogP) is 1.87. The smallest absolute Gasteiger partial charge is 0.251 e. The average Bonchev–Trinajstić information content (AvgIpc) is 2.70. The van der Waals surface area contributed by atoms with Crippen LogP contribution in [0, 0.1) is 5.92 Å². The normalized spacial score (nSPS) is 18.4. The van der Waals surface area contributed by atoms with E-state index in [1.54, 1.807) is 7.05 Å². The Morgan fingerprint density at radius 1 is 1.33 bits per heavy atom. The van der Waals surface area contributed by atoms with E-state index in [1.807, 2.05) is 31.3 Å². The van der Waals surface area contributed by atoms with E-state index in [1.165, 1.54) is 19.4 Å². The van der Waals surface area contributed by atoms with Gasteiger partial charge >= 0.3 is 0 Å². The first-order chi connectivity index (χ1) is 13.0. The van der Waals surface area contributed by atoms with Gasteiger partial charge < -0.3 is 20.9 Å². The number of rotatable bonds is 7. The molecule has 27 heavy (non-hydrogen) atoms. The summed E-state index contributed by atoms with van der Waals surface area (Å²) in [6, 6.07) is 8.37. The molecule has 1 heterocycles. The third-order valence-corrected chi connectivity index (χ3v) is 5.18. The number of amides is 1. The number of carbonyl (C=O) groups is 1. The Hall–Kier alpha value is -2.08. The number of nitrogens with one attached hydrogen (secondary N) is 3. The van der Waals surface area contributed by atoms with Crippen molar-refractivity contribution in [2.45, 2.75) is 39.2 Å². The Kier molecular flexibility index (Phi) is 8.58. The Morgan fingerprint density at radius 2 is 2.15 bits per heavy atom. The van der Waals surface area contributed by atoms with Crippen LogP contribution in [0.5, 0.6) is 0 Å². The summed E-state index contributed by atoms with van der Waals surface area (Å²) < 4.78 is 0. The van der Waals surface area contributed by atoms with Crippen LogP contribution in [0.25, 0.3) is 0 Å². The lowest BCUT2D eigenvalue weighted by atomic mass is 9.97. The molecule has 0 aromatic heterocycles. The minimum atomic E-state index is -0.0507. The second-order valence-electron chi connectivity index (χ2n) is 7.51. The number of likely N-dealkylation sites (tertiary alicyclic amines) is 1. The highest BCUT2D eigenvalue weighted by Gasteiger charge is 2.21. The summed E-state index contributed by atoms with van der Waals surface area (Å²) in [6.07, 6.45) is 3.40. The Labute approximate surface area is 163 Å². The molecular weight excluding hydrogens is 338 g/mol. The van der Waals surface area contributed by atoms with Crippen LogP contribution >= 0.6 is 0 Å². The van der Waals surface area contributed by atoms with Gasteiger partial charge in [-0.2, -0.15) is 0 Å². The molecule has 0 spiro atoms. The topological polar surface area (TPSA) is 68.8 Å². The molecule has 0 aliphatic carbocycles. The molecule has 150 valence electrons. The van der Waals surface area contributed by atoms with E-state index in [4.69, 9.17) is 0 Å². The van der Waals surface area contributed by atoms with Crippen molar-refractivity contribution < 1.29 is 4.79 Å². The van der Waals surface area contributed by atoms with Crippen molar-refractivity contribution in [2.75, 3.05) is 40.3 Å². The molecule has 0 radical (unpaired) electrons. The Bertz CT molecular complexity index is 629. The van der Waals surface area contributed by atoms with E-state index in [-0.39, 0.29) is 5.91 Å². The highest BCUT2D eigenvalue weighted by molar-refractivity contribution is 5.94. The summed E-state index contributed by atoms with van der Waals surface area (Å²) in [7, 11) is 3.46. The predicted molar refractivity (Wildman–Crippen MR) is 112 cm³/mol. The minimum Gasteiger partial charge on any atom is -0.356 e. The van der Waals surface area contributed by atoms with Crippen LogP contribution in [0.3, 0.4) is 0 Å². The van der Waals surface area contributed by atoms with E-state index < -0.39 is 0 Å². The number of hydrogen-bond donors (Lipinski definition) is 3. The van der Waals surface area contributed by atoms with Crippen molar-refractivity contribution in [1.29, 1.82) is 0 Å². The number of carbonyl (C=O) groups excluding carboxylic acids is 1. The maximum absolute atomic E-state index is 11.7. The van der Waals surface area contributed by atoms with Crippen molar-refractivity contribution in [3.8, 4) is 0 Å². The molecule has 6 heteroatoms. The van der Waals surface area contributed by atoms with E-state index in [9.17, 15) is 4.79 Å². The van der Waals surface area contributed by atoms with Gasteiger partial charge in [0.15, 0.2) is 5.96 Å². The summed E-state index contributed by atoms with van der Waals surface area (Å²) in [4.78, 5) is 18.6. The monoisotopic (exact) mass is 373 g/mol. The SMILES string of the molecule is CN=C(NCCc1cccc(C(=O)NC)c1)NCC1CCCN(C(C)C)C1. The molecule has 1 amide bonds.